The number of hydrogen-bond donors (Lipinski definition) is 4. The molecule has 0 fully saturated rings. The lowest BCUT2D eigenvalue weighted by molar-refractivity contribution is -0.148. The first-order chi connectivity index (χ1) is 15.8. The van der Waals surface area contributed by atoms with Crippen LogP contribution in [0.25, 0.3) is 0 Å². The molecule has 10 heteroatoms. The van der Waals surface area contributed by atoms with Crippen LogP contribution in [0.4, 0.5) is 0 Å². The van der Waals surface area contributed by atoms with E-state index in [1.807, 2.05) is 30.3 Å². The molecule has 3 aromatic rings. The molecule has 9 nitrogen and oxygen atoms in total. The molecule has 0 unspecified atom stereocenters. The molecule has 0 aliphatic rings. The van der Waals surface area contributed by atoms with Gasteiger partial charge in [0.1, 0.15) is 5.69 Å². The van der Waals surface area contributed by atoms with Gasteiger partial charge in [-0.1, -0.05) is 60.1 Å². The number of aliphatic hydroxyl groups excluding tert-OH is 1. The lowest BCUT2D eigenvalue weighted by atomic mass is 10.0. The van der Waals surface area contributed by atoms with Crippen LogP contribution in [0.5, 0.6) is 0 Å². The minimum atomic E-state index is -1.91. The largest absolute Gasteiger partial charge is 0.479 e. The van der Waals surface area contributed by atoms with Gasteiger partial charge in [0.2, 0.25) is 0 Å². The average molecular weight is 472 g/mol. The van der Waals surface area contributed by atoms with Crippen LogP contribution in [0.1, 0.15) is 32.1 Å². The zero-order valence-electron chi connectivity index (χ0n) is 17.4. The number of aryl methyl sites for hydroxylation is 2. The molecular formula is C23H22ClN3O6. The van der Waals surface area contributed by atoms with Crippen LogP contribution in [0.15, 0.2) is 60.7 Å². The van der Waals surface area contributed by atoms with Gasteiger partial charge in [-0.25, -0.2) is 9.59 Å². The zero-order chi connectivity index (χ0) is 24.0. The Balaban J connectivity index is 1.80. The second-order valence-electron chi connectivity index (χ2n) is 7.34. The van der Waals surface area contributed by atoms with Crippen molar-refractivity contribution >= 4 is 29.4 Å². The number of carbonyl (C=O) groups is 3. The van der Waals surface area contributed by atoms with Gasteiger partial charge in [-0.2, -0.15) is 5.10 Å². The number of nitrogens with zero attached hydrogens (tertiary/aromatic N) is 2. The van der Waals surface area contributed by atoms with Gasteiger partial charge >= 0.3 is 11.9 Å². The Morgan fingerprint density at radius 1 is 1.03 bits per heavy atom. The first kappa shape index (κ1) is 24.0. The van der Waals surface area contributed by atoms with E-state index in [4.69, 9.17) is 11.6 Å². The number of aromatic nitrogens is 2. The molecule has 0 aliphatic carbocycles. The monoisotopic (exact) mass is 471 g/mol. The van der Waals surface area contributed by atoms with Crippen molar-refractivity contribution in [3.05, 3.63) is 88.2 Å². The third kappa shape index (κ3) is 6.18. The molecule has 33 heavy (non-hydrogen) atoms. The smallest absolute Gasteiger partial charge is 0.354 e. The Labute approximate surface area is 194 Å². The van der Waals surface area contributed by atoms with Crippen molar-refractivity contribution in [2.45, 2.75) is 31.5 Å². The number of amides is 1. The molecule has 1 aromatic heterocycles. The minimum absolute atomic E-state index is 0.0562. The molecule has 4 N–H and O–H groups in total. The van der Waals surface area contributed by atoms with E-state index < -0.39 is 30.0 Å². The van der Waals surface area contributed by atoms with Crippen molar-refractivity contribution < 1.29 is 29.7 Å². The summed E-state index contributed by atoms with van der Waals surface area (Å²) in [6.07, 6.45) is -1.47. The molecule has 2 aromatic carbocycles. The Bertz CT molecular complexity index is 1150. The van der Waals surface area contributed by atoms with E-state index >= 15 is 0 Å². The van der Waals surface area contributed by atoms with Gasteiger partial charge in [0.25, 0.3) is 5.91 Å². The maximum atomic E-state index is 12.8. The van der Waals surface area contributed by atoms with Gasteiger partial charge in [0.15, 0.2) is 11.8 Å². The summed E-state index contributed by atoms with van der Waals surface area (Å²) < 4.78 is 1.21. The van der Waals surface area contributed by atoms with Crippen LogP contribution < -0.4 is 5.32 Å². The highest BCUT2D eigenvalue weighted by molar-refractivity contribution is 6.31. The number of aromatic carboxylic acids is 1. The first-order valence-electron chi connectivity index (χ1n) is 10.1. The van der Waals surface area contributed by atoms with Crippen LogP contribution in [0.3, 0.4) is 0 Å². The molecule has 1 heterocycles. The summed E-state index contributed by atoms with van der Waals surface area (Å²) in [6.45, 7) is 0.222. The fourth-order valence-corrected chi connectivity index (χ4v) is 3.52. The third-order valence-electron chi connectivity index (χ3n) is 5.04. The van der Waals surface area contributed by atoms with E-state index in [2.05, 4.69) is 10.4 Å². The summed E-state index contributed by atoms with van der Waals surface area (Å²) in [6, 6.07) is 15.9. The quantitative estimate of drug-likeness (QED) is 0.355. The standard InChI is InChI=1S/C23H22ClN3O6/c24-16-9-5-4-8-15(16)12-17(20(28)23(32)33)25-21(29)18-13-19(22(30)31)27(26-18)11-10-14-6-2-1-3-7-14/h1-9,13,17,20,28H,10-12H2,(H,25,29)(H,30,31)(H,32,33)/t17-,20-/m1/s1. The number of carboxylic acid groups (broad SMARTS) is 2. The Hall–Kier alpha value is -3.69. The Morgan fingerprint density at radius 3 is 2.33 bits per heavy atom. The van der Waals surface area contributed by atoms with Crippen LogP contribution >= 0.6 is 11.6 Å². The normalized spacial score (nSPS) is 12.7. The number of carbonyl (C=O) groups excluding carboxylic acids is 1. The van der Waals surface area contributed by atoms with E-state index in [1.54, 1.807) is 24.3 Å². The molecule has 0 spiro atoms. The number of rotatable bonds is 10. The highest BCUT2D eigenvalue weighted by Gasteiger charge is 2.30. The molecule has 1 amide bonds. The Morgan fingerprint density at radius 2 is 1.70 bits per heavy atom. The van der Waals surface area contributed by atoms with Gasteiger partial charge in [-0.05, 0) is 30.0 Å². The molecule has 0 bridgehead atoms. The van der Waals surface area contributed by atoms with E-state index in [-0.39, 0.29) is 24.4 Å². The molecule has 2 atom stereocenters. The number of aliphatic hydroxyl groups is 1. The number of benzene rings is 2. The average Bonchev–Trinajstić information content (AvgIpc) is 3.23. The van der Waals surface area contributed by atoms with E-state index in [0.717, 1.165) is 11.6 Å². The molecule has 0 saturated carbocycles. The van der Waals surface area contributed by atoms with Crippen LogP contribution in [-0.4, -0.2) is 55.1 Å². The van der Waals surface area contributed by atoms with Crippen molar-refractivity contribution in [2.75, 3.05) is 0 Å². The summed E-state index contributed by atoms with van der Waals surface area (Å²) in [4.78, 5) is 35.8. The molecule has 0 aliphatic heterocycles. The van der Waals surface area contributed by atoms with Crippen molar-refractivity contribution in [3.8, 4) is 0 Å². The van der Waals surface area contributed by atoms with Gasteiger partial charge in [0, 0.05) is 17.6 Å². The maximum Gasteiger partial charge on any atom is 0.354 e. The molecule has 172 valence electrons. The van der Waals surface area contributed by atoms with Crippen LogP contribution in [0, 0.1) is 0 Å². The zero-order valence-corrected chi connectivity index (χ0v) is 18.1. The number of nitrogens with one attached hydrogen (secondary N) is 1. The Kier molecular flexibility index (Phi) is 7.81. The number of aliphatic carboxylic acids is 1. The van der Waals surface area contributed by atoms with Gasteiger partial charge < -0.3 is 20.6 Å². The number of halogens is 1. The first-order valence-corrected chi connectivity index (χ1v) is 10.4. The molecule has 0 radical (unpaired) electrons. The van der Waals surface area contributed by atoms with Gasteiger partial charge in [0.05, 0.1) is 6.04 Å². The van der Waals surface area contributed by atoms with Crippen LogP contribution in [-0.2, 0) is 24.2 Å². The van der Waals surface area contributed by atoms with Crippen molar-refractivity contribution in [3.63, 3.8) is 0 Å². The van der Waals surface area contributed by atoms with E-state index in [9.17, 15) is 29.7 Å². The third-order valence-corrected chi connectivity index (χ3v) is 5.40. The lowest BCUT2D eigenvalue weighted by Gasteiger charge is -2.21. The maximum absolute atomic E-state index is 12.8. The van der Waals surface area contributed by atoms with E-state index in [1.165, 1.54) is 4.68 Å². The molecule has 0 saturated heterocycles. The summed E-state index contributed by atoms with van der Waals surface area (Å²) in [5.41, 5.74) is 1.11. The minimum Gasteiger partial charge on any atom is -0.479 e. The highest BCUT2D eigenvalue weighted by atomic mass is 35.5. The molecular weight excluding hydrogens is 450 g/mol. The van der Waals surface area contributed by atoms with Crippen molar-refractivity contribution in [2.24, 2.45) is 0 Å². The summed E-state index contributed by atoms with van der Waals surface area (Å²) in [5, 5.41) is 35.8. The van der Waals surface area contributed by atoms with Crippen molar-refractivity contribution in [1.29, 1.82) is 0 Å². The predicted octanol–water partition coefficient (Wildman–Crippen LogP) is 2.26. The van der Waals surface area contributed by atoms with Gasteiger partial charge in [-0.15, -0.1) is 0 Å². The fourth-order valence-electron chi connectivity index (χ4n) is 3.31. The highest BCUT2D eigenvalue weighted by Crippen LogP contribution is 2.18. The predicted molar refractivity (Wildman–Crippen MR) is 119 cm³/mol. The molecule has 3 rings (SSSR count). The summed E-state index contributed by atoms with van der Waals surface area (Å²) >= 11 is 6.13. The van der Waals surface area contributed by atoms with Crippen LogP contribution in [0.2, 0.25) is 5.02 Å². The van der Waals surface area contributed by atoms with Crippen molar-refractivity contribution in [1.82, 2.24) is 15.1 Å². The second kappa shape index (κ2) is 10.8. The number of carboxylic acids is 2. The summed E-state index contributed by atoms with van der Waals surface area (Å²) in [5.74, 6) is -3.59. The second-order valence-corrected chi connectivity index (χ2v) is 7.74. The number of hydrogen-bond acceptors (Lipinski definition) is 5. The SMILES string of the molecule is O=C(N[C@H](Cc1ccccc1Cl)[C@@H](O)C(=O)O)c1cc(C(=O)O)n(CCc2ccccc2)n1. The topological polar surface area (TPSA) is 142 Å². The summed E-state index contributed by atoms with van der Waals surface area (Å²) in [7, 11) is 0. The lowest BCUT2D eigenvalue weighted by Crippen LogP contribution is -2.48. The van der Waals surface area contributed by atoms with E-state index in [0.29, 0.717) is 17.0 Å². The van der Waals surface area contributed by atoms with Gasteiger partial charge in [-0.3, -0.25) is 9.48 Å². The fraction of sp³-hybridized carbons (Fsp3) is 0.217.